The summed E-state index contributed by atoms with van der Waals surface area (Å²) in [5.74, 6) is 2.09. The molecule has 0 amide bonds. The Labute approximate surface area is 65.0 Å². The quantitative estimate of drug-likeness (QED) is 0.549. The second kappa shape index (κ2) is 4.00. The summed E-state index contributed by atoms with van der Waals surface area (Å²) in [6.45, 7) is 4.74. The molecule has 0 bridgehead atoms. The Morgan fingerprint density at radius 2 is 1.90 bits per heavy atom. The Balaban J connectivity index is 2.25. The third-order valence-electron chi connectivity index (χ3n) is 2.95. The van der Waals surface area contributed by atoms with Crippen molar-refractivity contribution in [2.45, 2.75) is 52.4 Å². The fourth-order valence-electron chi connectivity index (χ4n) is 2.19. The summed E-state index contributed by atoms with van der Waals surface area (Å²) in [7, 11) is 0. The van der Waals surface area contributed by atoms with Crippen molar-refractivity contribution in [3.63, 3.8) is 0 Å². The van der Waals surface area contributed by atoms with Gasteiger partial charge in [-0.2, -0.15) is 0 Å². The fourth-order valence-corrected chi connectivity index (χ4v) is 2.19. The van der Waals surface area contributed by atoms with Gasteiger partial charge in [0.2, 0.25) is 0 Å². The van der Waals surface area contributed by atoms with E-state index in [1.54, 1.807) is 0 Å². The minimum absolute atomic E-state index is 1.02. The lowest BCUT2D eigenvalue weighted by Crippen LogP contribution is -2.15. The molecule has 0 unspecified atom stereocenters. The van der Waals surface area contributed by atoms with Gasteiger partial charge < -0.3 is 0 Å². The minimum atomic E-state index is 1.02. The third-order valence-corrected chi connectivity index (χ3v) is 2.95. The third kappa shape index (κ3) is 2.00. The van der Waals surface area contributed by atoms with Gasteiger partial charge in [-0.05, 0) is 11.8 Å². The Kier molecular flexibility index (Phi) is 3.24. The molecular formula is C10H20. The van der Waals surface area contributed by atoms with Crippen LogP contribution in [0.5, 0.6) is 0 Å². The van der Waals surface area contributed by atoms with Crippen molar-refractivity contribution in [1.29, 1.82) is 0 Å². The molecule has 0 heteroatoms. The predicted molar refractivity (Wildman–Crippen MR) is 46.0 cm³/mol. The minimum Gasteiger partial charge on any atom is -0.0654 e. The van der Waals surface area contributed by atoms with Gasteiger partial charge in [0, 0.05) is 0 Å². The molecule has 0 aromatic rings. The van der Waals surface area contributed by atoms with Gasteiger partial charge >= 0.3 is 0 Å². The average molecular weight is 140 g/mol. The Hall–Kier alpha value is 0. The summed E-state index contributed by atoms with van der Waals surface area (Å²) in [5, 5.41) is 0. The van der Waals surface area contributed by atoms with E-state index in [0.29, 0.717) is 0 Å². The SMILES string of the molecule is CCC[C@@H]1CCCC[C@H]1C. The van der Waals surface area contributed by atoms with Crippen LogP contribution >= 0.6 is 0 Å². The molecule has 0 aromatic heterocycles. The molecule has 0 spiro atoms. The molecule has 2 atom stereocenters. The van der Waals surface area contributed by atoms with Crippen LogP contribution in [0.4, 0.5) is 0 Å². The van der Waals surface area contributed by atoms with E-state index in [9.17, 15) is 0 Å². The highest BCUT2D eigenvalue weighted by atomic mass is 14.2. The van der Waals surface area contributed by atoms with E-state index in [1.165, 1.54) is 38.5 Å². The lowest BCUT2D eigenvalue weighted by Gasteiger charge is -2.28. The maximum Gasteiger partial charge on any atom is -0.0389 e. The maximum absolute atomic E-state index is 2.43. The summed E-state index contributed by atoms with van der Waals surface area (Å²) < 4.78 is 0. The van der Waals surface area contributed by atoms with E-state index >= 15 is 0 Å². The topological polar surface area (TPSA) is 0 Å². The van der Waals surface area contributed by atoms with Crippen LogP contribution in [0.1, 0.15) is 52.4 Å². The van der Waals surface area contributed by atoms with Gasteiger partial charge in [0.05, 0.1) is 0 Å². The summed E-state index contributed by atoms with van der Waals surface area (Å²) >= 11 is 0. The van der Waals surface area contributed by atoms with Crippen molar-refractivity contribution in [3.05, 3.63) is 0 Å². The maximum atomic E-state index is 2.43. The average Bonchev–Trinajstić information content (AvgIpc) is 1.94. The van der Waals surface area contributed by atoms with Crippen LogP contribution in [-0.4, -0.2) is 0 Å². The van der Waals surface area contributed by atoms with Crippen LogP contribution in [-0.2, 0) is 0 Å². The molecule has 1 aliphatic rings. The molecule has 0 heterocycles. The first kappa shape index (κ1) is 8.10. The van der Waals surface area contributed by atoms with E-state index in [0.717, 1.165) is 11.8 Å². The van der Waals surface area contributed by atoms with Gasteiger partial charge in [0.15, 0.2) is 0 Å². The standard InChI is InChI=1S/C10H20/c1-3-6-10-8-5-4-7-9(10)2/h9-10H,3-8H2,1-2H3/t9-,10-/m1/s1. The summed E-state index contributed by atoms with van der Waals surface area (Å²) in [6.07, 6.45) is 8.84. The predicted octanol–water partition coefficient (Wildman–Crippen LogP) is 3.61. The van der Waals surface area contributed by atoms with Crippen LogP contribution in [0.3, 0.4) is 0 Å². The van der Waals surface area contributed by atoms with Crippen LogP contribution in [0.2, 0.25) is 0 Å². The van der Waals surface area contributed by atoms with Crippen molar-refractivity contribution in [3.8, 4) is 0 Å². The van der Waals surface area contributed by atoms with E-state index in [2.05, 4.69) is 13.8 Å². The molecular weight excluding hydrogens is 120 g/mol. The van der Waals surface area contributed by atoms with Crippen molar-refractivity contribution >= 4 is 0 Å². The highest BCUT2D eigenvalue weighted by molar-refractivity contribution is 4.71. The largest absolute Gasteiger partial charge is 0.0654 e. The molecule has 0 saturated heterocycles. The van der Waals surface area contributed by atoms with Gasteiger partial charge in [-0.1, -0.05) is 52.4 Å². The fraction of sp³-hybridized carbons (Fsp3) is 1.00. The molecule has 1 rings (SSSR count). The second-order valence-electron chi connectivity index (χ2n) is 3.81. The molecule has 0 aromatic carbocycles. The summed E-state index contributed by atoms with van der Waals surface area (Å²) in [6, 6.07) is 0. The van der Waals surface area contributed by atoms with E-state index in [4.69, 9.17) is 0 Å². The van der Waals surface area contributed by atoms with Crippen molar-refractivity contribution in [2.75, 3.05) is 0 Å². The van der Waals surface area contributed by atoms with Crippen molar-refractivity contribution in [1.82, 2.24) is 0 Å². The molecule has 1 fully saturated rings. The Morgan fingerprint density at radius 3 is 2.50 bits per heavy atom. The number of hydrogen-bond donors (Lipinski definition) is 0. The molecule has 10 heavy (non-hydrogen) atoms. The first-order chi connectivity index (χ1) is 4.84. The highest BCUT2D eigenvalue weighted by Gasteiger charge is 2.19. The number of hydrogen-bond acceptors (Lipinski definition) is 0. The molecule has 0 N–H and O–H groups in total. The molecule has 60 valence electrons. The first-order valence-corrected chi connectivity index (χ1v) is 4.84. The lowest BCUT2D eigenvalue weighted by molar-refractivity contribution is 0.240. The smallest absolute Gasteiger partial charge is 0.0389 e. The molecule has 0 radical (unpaired) electrons. The summed E-state index contributed by atoms with van der Waals surface area (Å²) in [4.78, 5) is 0. The van der Waals surface area contributed by atoms with E-state index < -0.39 is 0 Å². The molecule has 0 nitrogen and oxygen atoms in total. The van der Waals surface area contributed by atoms with Crippen LogP contribution in [0.25, 0.3) is 0 Å². The normalized spacial score (nSPS) is 34.2. The Bertz CT molecular complexity index is 84.0. The monoisotopic (exact) mass is 140 g/mol. The molecule has 1 saturated carbocycles. The van der Waals surface area contributed by atoms with Gasteiger partial charge in [0.1, 0.15) is 0 Å². The zero-order chi connectivity index (χ0) is 7.40. The zero-order valence-electron chi connectivity index (χ0n) is 7.40. The van der Waals surface area contributed by atoms with E-state index in [-0.39, 0.29) is 0 Å². The molecule has 1 aliphatic carbocycles. The first-order valence-electron chi connectivity index (χ1n) is 4.84. The zero-order valence-corrected chi connectivity index (χ0v) is 7.40. The highest BCUT2D eigenvalue weighted by Crippen LogP contribution is 2.32. The van der Waals surface area contributed by atoms with Gasteiger partial charge in [-0.25, -0.2) is 0 Å². The van der Waals surface area contributed by atoms with Crippen LogP contribution < -0.4 is 0 Å². The molecule has 0 aliphatic heterocycles. The van der Waals surface area contributed by atoms with Crippen LogP contribution in [0, 0.1) is 11.8 Å². The van der Waals surface area contributed by atoms with E-state index in [1.807, 2.05) is 0 Å². The van der Waals surface area contributed by atoms with Gasteiger partial charge in [-0.15, -0.1) is 0 Å². The van der Waals surface area contributed by atoms with Crippen molar-refractivity contribution in [2.24, 2.45) is 11.8 Å². The van der Waals surface area contributed by atoms with Crippen LogP contribution in [0.15, 0.2) is 0 Å². The lowest BCUT2D eigenvalue weighted by atomic mass is 9.78. The van der Waals surface area contributed by atoms with Crippen molar-refractivity contribution < 1.29 is 0 Å². The summed E-state index contributed by atoms with van der Waals surface area (Å²) in [5.41, 5.74) is 0. The number of rotatable bonds is 2. The van der Waals surface area contributed by atoms with Gasteiger partial charge in [0.25, 0.3) is 0 Å². The van der Waals surface area contributed by atoms with Gasteiger partial charge in [-0.3, -0.25) is 0 Å². The second-order valence-corrected chi connectivity index (χ2v) is 3.81. The Morgan fingerprint density at radius 1 is 1.20 bits per heavy atom.